The average molecular weight is 310 g/mol. The minimum Gasteiger partial charge on any atom is -0.506 e. The number of aromatic hydroxyl groups is 1. The van der Waals surface area contributed by atoms with Gasteiger partial charge in [-0.2, -0.15) is 0 Å². The normalized spacial score (nSPS) is 16.1. The lowest BCUT2D eigenvalue weighted by Gasteiger charge is -2.36. The van der Waals surface area contributed by atoms with Crippen LogP contribution < -0.4 is 4.90 Å². The summed E-state index contributed by atoms with van der Waals surface area (Å²) in [6.45, 7) is 4.85. The van der Waals surface area contributed by atoms with Gasteiger partial charge < -0.3 is 10.0 Å². The SMILES string of the molecule is C/N=C/c1nc(CN2CCN(c3ccccc3)CC2)ccc1O. The van der Waals surface area contributed by atoms with Gasteiger partial charge >= 0.3 is 0 Å². The highest BCUT2D eigenvalue weighted by atomic mass is 16.3. The molecule has 0 amide bonds. The molecule has 23 heavy (non-hydrogen) atoms. The molecule has 1 aromatic heterocycles. The predicted molar refractivity (Wildman–Crippen MR) is 93.4 cm³/mol. The van der Waals surface area contributed by atoms with Gasteiger partial charge in [0, 0.05) is 45.5 Å². The first-order valence-electron chi connectivity index (χ1n) is 7.89. The van der Waals surface area contributed by atoms with E-state index in [1.165, 1.54) is 5.69 Å². The average Bonchev–Trinajstić information content (AvgIpc) is 2.60. The van der Waals surface area contributed by atoms with Crippen LogP contribution in [0.2, 0.25) is 0 Å². The van der Waals surface area contributed by atoms with Gasteiger partial charge in [-0.15, -0.1) is 0 Å². The fourth-order valence-corrected chi connectivity index (χ4v) is 2.85. The molecule has 1 N–H and O–H groups in total. The van der Waals surface area contributed by atoms with Gasteiger partial charge in [-0.05, 0) is 24.3 Å². The number of aliphatic imine (C=N–C) groups is 1. The van der Waals surface area contributed by atoms with Crippen molar-refractivity contribution in [2.24, 2.45) is 4.99 Å². The number of hydrogen-bond donors (Lipinski definition) is 1. The van der Waals surface area contributed by atoms with Gasteiger partial charge in [0.05, 0.1) is 11.9 Å². The molecule has 1 aliphatic rings. The second kappa shape index (κ2) is 7.24. The number of para-hydroxylation sites is 1. The minimum absolute atomic E-state index is 0.174. The van der Waals surface area contributed by atoms with Crippen molar-refractivity contribution in [1.29, 1.82) is 0 Å². The second-order valence-corrected chi connectivity index (χ2v) is 5.69. The zero-order valence-corrected chi connectivity index (χ0v) is 13.4. The first kappa shape index (κ1) is 15.5. The lowest BCUT2D eigenvalue weighted by atomic mass is 10.2. The molecule has 0 bridgehead atoms. The number of aromatic nitrogens is 1. The Bertz CT molecular complexity index is 664. The summed E-state index contributed by atoms with van der Waals surface area (Å²) in [6.07, 6.45) is 1.59. The van der Waals surface area contributed by atoms with Crippen molar-refractivity contribution < 1.29 is 5.11 Å². The summed E-state index contributed by atoms with van der Waals surface area (Å²) in [7, 11) is 1.68. The molecule has 1 fully saturated rings. The maximum absolute atomic E-state index is 9.76. The summed E-state index contributed by atoms with van der Waals surface area (Å²) in [6, 6.07) is 14.1. The number of pyridine rings is 1. The van der Waals surface area contributed by atoms with Crippen molar-refractivity contribution in [2.75, 3.05) is 38.1 Å². The van der Waals surface area contributed by atoms with Crippen LogP contribution in [0.4, 0.5) is 5.69 Å². The number of piperazine rings is 1. The van der Waals surface area contributed by atoms with Gasteiger partial charge in [-0.1, -0.05) is 18.2 Å². The topological polar surface area (TPSA) is 52.0 Å². The minimum atomic E-state index is 0.174. The molecule has 5 nitrogen and oxygen atoms in total. The van der Waals surface area contributed by atoms with Crippen molar-refractivity contribution >= 4 is 11.9 Å². The molecule has 0 unspecified atom stereocenters. The summed E-state index contributed by atoms with van der Waals surface area (Å²) in [4.78, 5) is 13.2. The Morgan fingerprint density at radius 2 is 1.83 bits per heavy atom. The maximum atomic E-state index is 9.76. The Hall–Kier alpha value is -2.40. The third kappa shape index (κ3) is 3.87. The van der Waals surface area contributed by atoms with Crippen LogP contribution in [0.15, 0.2) is 47.5 Å². The molecule has 5 heteroatoms. The van der Waals surface area contributed by atoms with Gasteiger partial charge in [0.25, 0.3) is 0 Å². The van der Waals surface area contributed by atoms with E-state index >= 15 is 0 Å². The van der Waals surface area contributed by atoms with E-state index in [0.717, 1.165) is 38.4 Å². The monoisotopic (exact) mass is 310 g/mol. The molecule has 0 spiro atoms. The Morgan fingerprint density at radius 1 is 1.09 bits per heavy atom. The van der Waals surface area contributed by atoms with Crippen LogP contribution in [0.25, 0.3) is 0 Å². The van der Waals surface area contributed by atoms with E-state index in [0.29, 0.717) is 5.69 Å². The summed E-state index contributed by atoms with van der Waals surface area (Å²) in [5, 5.41) is 9.76. The molecule has 0 aliphatic carbocycles. The predicted octanol–water partition coefficient (Wildman–Crippen LogP) is 2.16. The van der Waals surface area contributed by atoms with Crippen LogP contribution in [-0.2, 0) is 6.54 Å². The maximum Gasteiger partial charge on any atom is 0.142 e. The number of rotatable bonds is 4. The van der Waals surface area contributed by atoms with Gasteiger partial charge in [-0.3, -0.25) is 9.89 Å². The van der Waals surface area contributed by atoms with Crippen LogP contribution in [0.3, 0.4) is 0 Å². The van der Waals surface area contributed by atoms with E-state index in [2.05, 4.69) is 44.0 Å². The molecule has 0 atom stereocenters. The number of hydrogen-bond acceptors (Lipinski definition) is 5. The Kier molecular flexibility index (Phi) is 4.88. The molecule has 1 saturated heterocycles. The molecule has 0 saturated carbocycles. The number of anilines is 1. The smallest absolute Gasteiger partial charge is 0.142 e. The highest BCUT2D eigenvalue weighted by molar-refractivity contribution is 5.80. The van der Waals surface area contributed by atoms with Gasteiger partial charge in [0.2, 0.25) is 0 Å². The molecule has 0 radical (unpaired) electrons. The van der Waals surface area contributed by atoms with Crippen LogP contribution in [-0.4, -0.2) is 54.4 Å². The quantitative estimate of drug-likeness (QED) is 0.879. The van der Waals surface area contributed by atoms with Gasteiger partial charge in [0.1, 0.15) is 11.4 Å². The first-order chi connectivity index (χ1) is 11.3. The standard InChI is InChI=1S/C18H22N4O/c1-19-13-17-18(23)8-7-15(20-17)14-21-9-11-22(12-10-21)16-5-3-2-4-6-16/h2-8,13,23H,9-12,14H2,1H3/b19-13+. The van der Waals surface area contributed by atoms with E-state index in [1.807, 2.05) is 12.1 Å². The second-order valence-electron chi connectivity index (χ2n) is 5.69. The van der Waals surface area contributed by atoms with E-state index in [1.54, 1.807) is 19.3 Å². The summed E-state index contributed by atoms with van der Waals surface area (Å²) in [5.74, 6) is 0.174. The van der Waals surface area contributed by atoms with Crippen molar-refractivity contribution in [3.63, 3.8) is 0 Å². The lowest BCUT2D eigenvalue weighted by Crippen LogP contribution is -2.46. The molecular weight excluding hydrogens is 288 g/mol. The van der Waals surface area contributed by atoms with Crippen molar-refractivity contribution in [1.82, 2.24) is 9.88 Å². The molecule has 2 aromatic rings. The van der Waals surface area contributed by atoms with E-state index < -0.39 is 0 Å². The summed E-state index contributed by atoms with van der Waals surface area (Å²) < 4.78 is 0. The molecular formula is C18H22N4O. The Morgan fingerprint density at radius 3 is 2.52 bits per heavy atom. The number of nitrogens with zero attached hydrogens (tertiary/aromatic N) is 4. The molecule has 1 aliphatic heterocycles. The Labute approximate surface area is 136 Å². The van der Waals surface area contributed by atoms with E-state index in [9.17, 15) is 5.11 Å². The third-order valence-corrected chi connectivity index (χ3v) is 4.09. The fraction of sp³-hybridized carbons (Fsp3) is 0.333. The van der Waals surface area contributed by atoms with Gasteiger partial charge in [0.15, 0.2) is 0 Å². The molecule has 1 aromatic carbocycles. The Balaban J connectivity index is 1.60. The van der Waals surface area contributed by atoms with Gasteiger partial charge in [-0.25, -0.2) is 4.98 Å². The largest absolute Gasteiger partial charge is 0.506 e. The summed E-state index contributed by atoms with van der Waals surface area (Å²) >= 11 is 0. The first-order valence-corrected chi connectivity index (χ1v) is 7.89. The van der Waals surface area contributed by atoms with Crippen molar-refractivity contribution in [2.45, 2.75) is 6.54 Å². The van der Waals surface area contributed by atoms with Crippen LogP contribution in [0.5, 0.6) is 5.75 Å². The third-order valence-electron chi connectivity index (χ3n) is 4.09. The van der Waals surface area contributed by atoms with Crippen LogP contribution >= 0.6 is 0 Å². The molecule has 120 valence electrons. The zero-order valence-electron chi connectivity index (χ0n) is 13.4. The summed E-state index contributed by atoms with van der Waals surface area (Å²) in [5.41, 5.74) is 2.79. The highest BCUT2D eigenvalue weighted by Gasteiger charge is 2.17. The van der Waals surface area contributed by atoms with Crippen molar-refractivity contribution in [3.05, 3.63) is 53.9 Å². The zero-order chi connectivity index (χ0) is 16.1. The van der Waals surface area contributed by atoms with Crippen LogP contribution in [0.1, 0.15) is 11.4 Å². The van der Waals surface area contributed by atoms with E-state index in [4.69, 9.17) is 0 Å². The van der Waals surface area contributed by atoms with Crippen molar-refractivity contribution in [3.8, 4) is 5.75 Å². The molecule has 3 rings (SSSR count). The fourth-order valence-electron chi connectivity index (χ4n) is 2.85. The number of benzene rings is 1. The highest BCUT2D eigenvalue weighted by Crippen LogP contribution is 2.18. The van der Waals surface area contributed by atoms with E-state index in [-0.39, 0.29) is 5.75 Å². The lowest BCUT2D eigenvalue weighted by molar-refractivity contribution is 0.247. The molecule has 2 heterocycles. The van der Waals surface area contributed by atoms with Crippen LogP contribution in [0, 0.1) is 0 Å².